The highest BCUT2D eigenvalue weighted by atomic mass is 32.2. The van der Waals surface area contributed by atoms with Crippen LogP contribution in [0.2, 0.25) is 0 Å². The topological polar surface area (TPSA) is 73.8 Å². The summed E-state index contributed by atoms with van der Waals surface area (Å²) in [5.41, 5.74) is 2.36. The number of nitrogens with one attached hydrogen (secondary N) is 2. The third kappa shape index (κ3) is 5.66. The SMILES string of the molecule is Cc1ccc([C@@H]2S/C(=N\C(=O)NC3CCCCC3)N(C(=O)NC3CCCCC3)[C@H]2C)cc1. The Hall–Kier alpha value is -2.02. The van der Waals surface area contributed by atoms with E-state index < -0.39 is 0 Å². The number of amidine groups is 1. The summed E-state index contributed by atoms with van der Waals surface area (Å²) in [5, 5.41) is 6.84. The molecule has 0 aromatic heterocycles. The van der Waals surface area contributed by atoms with Gasteiger partial charge in [-0.15, -0.1) is 0 Å². The monoisotopic (exact) mass is 456 g/mol. The van der Waals surface area contributed by atoms with Gasteiger partial charge >= 0.3 is 12.1 Å². The number of amides is 4. The van der Waals surface area contributed by atoms with Gasteiger partial charge < -0.3 is 10.6 Å². The minimum absolute atomic E-state index is 0.0499. The Morgan fingerprint density at radius 2 is 1.47 bits per heavy atom. The number of carbonyl (C=O) groups is 2. The molecule has 32 heavy (non-hydrogen) atoms. The molecule has 7 heteroatoms. The molecule has 174 valence electrons. The molecule has 2 aliphatic carbocycles. The molecule has 0 unspecified atom stereocenters. The summed E-state index contributed by atoms with van der Waals surface area (Å²) >= 11 is 1.52. The van der Waals surface area contributed by atoms with Crippen LogP contribution in [0.25, 0.3) is 0 Å². The van der Waals surface area contributed by atoms with Crippen LogP contribution in [0.5, 0.6) is 0 Å². The van der Waals surface area contributed by atoms with Crippen molar-refractivity contribution >= 4 is 29.0 Å². The van der Waals surface area contributed by atoms with Crippen molar-refractivity contribution in [2.45, 2.75) is 101 Å². The fourth-order valence-electron chi connectivity index (χ4n) is 5.06. The van der Waals surface area contributed by atoms with Crippen molar-refractivity contribution < 1.29 is 9.59 Å². The minimum atomic E-state index is -0.327. The van der Waals surface area contributed by atoms with Gasteiger partial charge in [-0.3, -0.25) is 4.90 Å². The molecule has 4 amide bonds. The molecule has 1 aliphatic heterocycles. The molecule has 2 N–H and O–H groups in total. The number of thioether (sulfide) groups is 1. The van der Waals surface area contributed by atoms with E-state index in [1.54, 1.807) is 4.90 Å². The van der Waals surface area contributed by atoms with Crippen LogP contribution < -0.4 is 10.6 Å². The van der Waals surface area contributed by atoms with Gasteiger partial charge in [0.15, 0.2) is 5.17 Å². The summed E-state index contributed by atoms with van der Waals surface area (Å²) in [4.78, 5) is 32.2. The first-order valence-electron chi connectivity index (χ1n) is 12.2. The van der Waals surface area contributed by atoms with Crippen LogP contribution in [0.4, 0.5) is 9.59 Å². The van der Waals surface area contributed by atoms with Gasteiger partial charge in [-0.05, 0) is 45.1 Å². The Balaban J connectivity index is 1.52. The second-order valence-corrected chi connectivity index (χ2v) is 10.6. The number of benzene rings is 1. The lowest BCUT2D eigenvalue weighted by Crippen LogP contribution is -2.49. The number of rotatable bonds is 3. The second-order valence-electron chi connectivity index (χ2n) is 9.52. The maximum Gasteiger partial charge on any atom is 0.343 e. The number of hydrogen-bond acceptors (Lipinski definition) is 3. The van der Waals surface area contributed by atoms with E-state index in [0.717, 1.165) is 56.9 Å². The van der Waals surface area contributed by atoms with E-state index in [2.05, 4.69) is 53.7 Å². The van der Waals surface area contributed by atoms with E-state index in [1.807, 2.05) is 0 Å². The maximum atomic E-state index is 13.3. The van der Waals surface area contributed by atoms with Crippen LogP contribution in [-0.2, 0) is 0 Å². The van der Waals surface area contributed by atoms with Gasteiger partial charge in [-0.25, -0.2) is 9.59 Å². The zero-order valence-corrected chi connectivity index (χ0v) is 20.1. The normalized spacial score (nSPS) is 26.3. The van der Waals surface area contributed by atoms with Crippen LogP contribution in [-0.4, -0.2) is 40.3 Å². The van der Waals surface area contributed by atoms with Crippen LogP contribution in [0.3, 0.4) is 0 Å². The van der Waals surface area contributed by atoms with Gasteiger partial charge in [-0.2, -0.15) is 4.99 Å². The van der Waals surface area contributed by atoms with Gasteiger partial charge in [0.2, 0.25) is 0 Å². The number of aryl methyl sites for hydroxylation is 1. The standard InChI is InChI=1S/C25H36N4O2S/c1-17-13-15-19(16-14-17)22-18(2)29(24(31)27-21-11-7-4-8-12-21)25(32-22)28-23(30)26-20-9-5-3-6-10-20/h13-16,18,20-22H,3-12H2,1-2H3,(H,26,30)(H,27,31)/b28-25-/t18-,22+/m0/s1. The van der Waals surface area contributed by atoms with Crippen molar-refractivity contribution in [2.24, 2.45) is 4.99 Å². The smallest absolute Gasteiger partial charge is 0.335 e. The molecule has 0 radical (unpaired) electrons. The summed E-state index contributed by atoms with van der Waals surface area (Å²) in [6.45, 7) is 4.13. The Morgan fingerprint density at radius 3 is 2.06 bits per heavy atom. The third-order valence-corrected chi connectivity index (χ3v) is 8.39. The molecule has 0 bridgehead atoms. The van der Waals surface area contributed by atoms with Crippen molar-refractivity contribution in [3.8, 4) is 0 Å². The van der Waals surface area contributed by atoms with Crippen molar-refractivity contribution in [3.05, 3.63) is 35.4 Å². The predicted molar refractivity (Wildman–Crippen MR) is 131 cm³/mol. The van der Waals surface area contributed by atoms with Gasteiger partial charge in [0.05, 0.1) is 11.3 Å². The lowest BCUT2D eigenvalue weighted by Gasteiger charge is -2.28. The average Bonchev–Trinajstić information content (AvgIpc) is 3.11. The Bertz CT molecular complexity index is 829. The summed E-state index contributed by atoms with van der Waals surface area (Å²) in [7, 11) is 0. The predicted octanol–water partition coefficient (Wildman–Crippen LogP) is 5.91. The maximum absolute atomic E-state index is 13.3. The fraction of sp³-hybridized carbons (Fsp3) is 0.640. The van der Waals surface area contributed by atoms with Gasteiger partial charge in [0.1, 0.15) is 0 Å². The summed E-state index contributed by atoms with van der Waals surface area (Å²) in [6, 6.07) is 8.29. The summed E-state index contributed by atoms with van der Waals surface area (Å²) in [6.07, 6.45) is 11.2. The quantitative estimate of drug-likeness (QED) is 0.593. The fourth-order valence-corrected chi connectivity index (χ4v) is 6.40. The molecule has 1 aromatic carbocycles. The lowest BCUT2D eigenvalue weighted by atomic mass is 9.96. The highest BCUT2D eigenvalue weighted by Gasteiger charge is 2.42. The van der Waals surface area contributed by atoms with E-state index in [1.165, 1.54) is 30.2 Å². The molecule has 4 rings (SSSR count). The van der Waals surface area contributed by atoms with Gasteiger partial charge in [0, 0.05) is 12.1 Å². The first-order chi connectivity index (χ1) is 15.5. The molecule has 1 saturated heterocycles. The van der Waals surface area contributed by atoms with E-state index in [4.69, 9.17) is 0 Å². The van der Waals surface area contributed by atoms with Crippen molar-refractivity contribution in [2.75, 3.05) is 0 Å². The number of carbonyl (C=O) groups excluding carboxylic acids is 2. The largest absolute Gasteiger partial charge is 0.343 e. The highest BCUT2D eigenvalue weighted by molar-refractivity contribution is 8.14. The molecule has 6 nitrogen and oxygen atoms in total. The number of nitrogens with zero attached hydrogens (tertiary/aromatic N) is 2. The number of aliphatic imine (C=N–C) groups is 1. The van der Waals surface area contributed by atoms with Crippen LogP contribution >= 0.6 is 11.8 Å². The minimum Gasteiger partial charge on any atom is -0.335 e. The van der Waals surface area contributed by atoms with E-state index in [9.17, 15) is 9.59 Å². The Morgan fingerprint density at radius 1 is 0.906 bits per heavy atom. The van der Waals surface area contributed by atoms with Crippen LogP contribution in [0.15, 0.2) is 29.3 Å². The average molecular weight is 457 g/mol. The van der Waals surface area contributed by atoms with Crippen molar-refractivity contribution in [1.82, 2.24) is 15.5 Å². The van der Waals surface area contributed by atoms with Crippen LogP contribution in [0.1, 0.15) is 87.5 Å². The second kappa shape index (κ2) is 10.7. The molecule has 1 aromatic rings. The lowest BCUT2D eigenvalue weighted by molar-refractivity contribution is 0.204. The molecule has 3 fully saturated rings. The molecule has 1 heterocycles. The summed E-state index contributed by atoms with van der Waals surface area (Å²) < 4.78 is 0. The van der Waals surface area contributed by atoms with Crippen molar-refractivity contribution in [3.63, 3.8) is 0 Å². The van der Waals surface area contributed by atoms with E-state index in [-0.39, 0.29) is 35.4 Å². The molecular weight excluding hydrogens is 420 g/mol. The zero-order valence-electron chi connectivity index (χ0n) is 19.3. The third-order valence-electron chi connectivity index (χ3n) is 6.97. The summed E-state index contributed by atoms with van der Waals surface area (Å²) in [5.74, 6) is 0. The van der Waals surface area contributed by atoms with Crippen LogP contribution in [0, 0.1) is 6.92 Å². The Labute approximate surface area is 196 Å². The molecule has 2 saturated carbocycles. The highest BCUT2D eigenvalue weighted by Crippen LogP contribution is 2.43. The first-order valence-corrected chi connectivity index (χ1v) is 13.1. The van der Waals surface area contributed by atoms with E-state index in [0.29, 0.717) is 5.17 Å². The molecule has 3 aliphatic rings. The molecule has 2 atom stereocenters. The van der Waals surface area contributed by atoms with Gasteiger partial charge in [-0.1, -0.05) is 80.1 Å². The van der Waals surface area contributed by atoms with Gasteiger partial charge in [0.25, 0.3) is 0 Å². The first kappa shape index (κ1) is 23.1. The van der Waals surface area contributed by atoms with Crippen molar-refractivity contribution in [1.29, 1.82) is 0 Å². The zero-order chi connectivity index (χ0) is 22.5. The molecule has 0 spiro atoms. The number of hydrogen-bond donors (Lipinski definition) is 2. The Kier molecular flexibility index (Phi) is 7.76. The number of urea groups is 2. The molecular formula is C25H36N4O2S. The van der Waals surface area contributed by atoms with E-state index >= 15 is 0 Å².